The van der Waals surface area contributed by atoms with Crippen LogP contribution in [0.25, 0.3) is 0 Å². The van der Waals surface area contributed by atoms with E-state index < -0.39 is 0 Å². The molecule has 0 spiro atoms. The van der Waals surface area contributed by atoms with E-state index in [1.165, 1.54) is 22.3 Å². The number of aryl methyl sites for hydroxylation is 2. The zero-order valence-corrected chi connectivity index (χ0v) is 9.69. The van der Waals surface area contributed by atoms with Crippen LogP contribution in [0, 0.1) is 13.8 Å². The van der Waals surface area contributed by atoms with Gasteiger partial charge in [0, 0.05) is 11.0 Å². The Kier molecular flexibility index (Phi) is 2.58. The maximum absolute atomic E-state index is 10.1. The number of rotatable bonds is 0. The van der Waals surface area contributed by atoms with Gasteiger partial charge in [0.15, 0.2) is 0 Å². The van der Waals surface area contributed by atoms with Crippen molar-refractivity contribution in [3.05, 3.63) is 34.4 Å². The van der Waals surface area contributed by atoms with E-state index in [1.54, 1.807) is 0 Å². The molecular formula is C12H16OS. The predicted molar refractivity (Wildman–Crippen MR) is 61.6 cm³/mol. The zero-order chi connectivity index (χ0) is 10.3. The summed E-state index contributed by atoms with van der Waals surface area (Å²) in [5.74, 6) is 1.04. The van der Waals surface area contributed by atoms with Gasteiger partial charge in [0.1, 0.15) is 0 Å². The van der Waals surface area contributed by atoms with Crippen molar-refractivity contribution in [2.45, 2.75) is 37.9 Å². The molecule has 1 aliphatic heterocycles. The first-order valence-corrected chi connectivity index (χ1v) is 6.04. The Hall–Kier alpha value is -0.470. The van der Waals surface area contributed by atoms with Crippen LogP contribution in [0.1, 0.15) is 35.3 Å². The number of hydrogen-bond acceptors (Lipinski definition) is 2. The molecule has 14 heavy (non-hydrogen) atoms. The molecular weight excluding hydrogens is 192 g/mol. The second-order valence-corrected chi connectivity index (χ2v) is 5.42. The molecule has 1 aliphatic rings. The number of aliphatic hydroxyl groups excluding tert-OH is 1. The van der Waals surface area contributed by atoms with Crippen molar-refractivity contribution in [1.82, 2.24) is 0 Å². The van der Waals surface area contributed by atoms with Crippen molar-refractivity contribution in [3.8, 4) is 0 Å². The highest BCUT2D eigenvalue weighted by Gasteiger charge is 2.27. The molecule has 0 amide bonds. The summed E-state index contributed by atoms with van der Waals surface area (Å²) in [5, 5.41) is 10.4. The molecule has 1 nitrogen and oxygen atoms in total. The normalized spacial score (nSPS) is 26.0. The number of benzene rings is 1. The summed E-state index contributed by atoms with van der Waals surface area (Å²) in [7, 11) is 0. The Balaban J connectivity index is 2.58. The van der Waals surface area contributed by atoms with Gasteiger partial charge in [-0.05, 0) is 36.1 Å². The van der Waals surface area contributed by atoms with Gasteiger partial charge in [-0.3, -0.25) is 0 Å². The minimum Gasteiger partial charge on any atom is -0.387 e. The number of aliphatic hydroxyl groups is 1. The third-order valence-corrected chi connectivity index (χ3v) is 4.28. The molecule has 1 heterocycles. The molecule has 1 aromatic rings. The van der Waals surface area contributed by atoms with Crippen LogP contribution >= 0.6 is 11.8 Å². The van der Waals surface area contributed by atoms with Gasteiger partial charge < -0.3 is 5.11 Å². The molecule has 2 rings (SSSR count). The molecule has 2 heteroatoms. The van der Waals surface area contributed by atoms with Crippen molar-refractivity contribution in [1.29, 1.82) is 0 Å². The molecule has 1 N–H and O–H groups in total. The zero-order valence-electron chi connectivity index (χ0n) is 8.87. The first-order valence-electron chi connectivity index (χ1n) is 5.00. The van der Waals surface area contributed by atoms with Gasteiger partial charge in [0.25, 0.3) is 0 Å². The topological polar surface area (TPSA) is 20.2 Å². The lowest BCUT2D eigenvalue weighted by Crippen LogP contribution is -2.20. The first-order chi connectivity index (χ1) is 6.61. The Labute approximate surface area is 89.5 Å². The molecule has 0 saturated carbocycles. The second-order valence-electron chi connectivity index (χ2n) is 4.05. The summed E-state index contributed by atoms with van der Waals surface area (Å²) in [5.41, 5.74) is 5.06. The summed E-state index contributed by atoms with van der Waals surface area (Å²) < 4.78 is 0. The molecule has 0 radical (unpaired) electrons. The van der Waals surface area contributed by atoms with E-state index >= 15 is 0 Å². The van der Waals surface area contributed by atoms with Crippen LogP contribution in [0.2, 0.25) is 0 Å². The lowest BCUT2D eigenvalue weighted by atomic mass is 9.92. The van der Waals surface area contributed by atoms with Crippen LogP contribution in [0.4, 0.5) is 0 Å². The van der Waals surface area contributed by atoms with E-state index in [9.17, 15) is 5.11 Å². The van der Waals surface area contributed by atoms with Crippen LogP contribution in [0.3, 0.4) is 0 Å². The fraction of sp³-hybridized carbons (Fsp3) is 0.500. The van der Waals surface area contributed by atoms with Gasteiger partial charge in [-0.15, -0.1) is 0 Å². The van der Waals surface area contributed by atoms with E-state index in [-0.39, 0.29) is 6.10 Å². The van der Waals surface area contributed by atoms with E-state index in [1.807, 2.05) is 11.8 Å². The highest BCUT2D eigenvalue weighted by Crippen LogP contribution is 2.40. The van der Waals surface area contributed by atoms with Crippen LogP contribution in [-0.4, -0.2) is 10.4 Å². The number of hydrogen-bond donors (Lipinski definition) is 1. The van der Waals surface area contributed by atoms with Crippen molar-refractivity contribution >= 4 is 11.8 Å². The minimum absolute atomic E-state index is 0.288. The van der Waals surface area contributed by atoms with Crippen molar-refractivity contribution < 1.29 is 5.11 Å². The van der Waals surface area contributed by atoms with Gasteiger partial charge in [-0.2, -0.15) is 11.8 Å². The third kappa shape index (κ3) is 1.47. The summed E-state index contributed by atoms with van der Waals surface area (Å²) in [6.07, 6.45) is -0.288. The highest BCUT2D eigenvalue weighted by atomic mass is 32.2. The van der Waals surface area contributed by atoms with Crippen molar-refractivity contribution in [2.24, 2.45) is 0 Å². The Bertz CT molecular complexity index is 360. The maximum Gasteiger partial charge on any atom is 0.0911 e. The molecule has 76 valence electrons. The lowest BCUT2D eigenvalue weighted by Gasteiger charge is -2.29. The van der Waals surface area contributed by atoms with Crippen LogP contribution in [0.5, 0.6) is 0 Å². The Morgan fingerprint density at radius 2 is 1.93 bits per heavy atom. The molecule has 2 unspecified atom stereocenters. The van der Waals surface area contributed by atoms with Gasteiger partial charge in [-0.1, -0.05) is 19.1 Å². The monoisotopic (exact) mass is 208 g/mol. The third-order valence-electron chi connectivity index (χ3n) is 3.04. The standard InChI is InChI=1S/C12H16OS/c1-7-4-5-8(2)11-10(7)6-14-9(3)12(11)13/h4-5,9,12-13H,6H2,1-3H3. The first kappa shape index (κ1) is 10.1. The van der Waals surface area contributed by atoms with Crippen LogP contribution in [-0.2, 0) is 5.75 Å². The summed E-state index contributed by atoms with van der Waals surface area (Å²) in [6, 6.07) is 4.26. The molecule has 0 saturated heterocycles. The van der Waals surface area contributed by atoms with Gasteiger partial charge in [0.05, 0.1) is 6.10 Å². The van der Waals surface area contributed by atoms with E-state index in [0.29, 0.717) is 5.25 Å². The van der Waals surface area contributed by atoms with Gasteiger partial charge >= 0.3 is 0 Å². The van der Waals surface area contributed by atoms with E-state index in [4.69, 9.17) is 0 Å². The summed E-state index contributed by atoms with van der Waals surface area (Å²) in [6.45, 7) is 6.31. The average molecular weight is 208 g/mol. The fourth-order valence-corrected chi connectivity index (χ4v) is 3.17. The smallest absolute Gasteiger partial charge is 0.0911 e. The van der Waals surface area contributed by atoms with Crippen LogP contribution in [0.15, 0.2) is 12.1 Å². The van der Waals surface area contributed by atoms with Crippen LogP contribution < -0.4 is 0 Å². The molecule has 0 fully saturated rings. The second kappa shape index (κ2) is 3.59. The predicted octanol–water partition coefficient (Wildman–Crippen LogP) is 2.97. The average Bonchev–Trinajstić information content (AvgIpc) is 2.16. The highest BCUT2D eigenvalue weighted by molar-refractivity contribution is 7.99. The number of fused-ring (bicyclic) bond motifs is 1. The molecule has 0 aliphatic carbocycles. The summed E-state index contributed by atoms with van der Waals surface area (Å²) in [4.78, 5) is 0. The minimum atomic E-state index is -0.288. The van der Waals surface area contributed by atoms with E-state index in [2.05, 4.69) is 32.9 Å². The lowest BCUT2D eigenvalue weighted by molar-refractivity contribution is 0.176. The molecule has 0 aromatic heterocycles. The maximum atomic E-state index is 10.1. The molecule has 0 bridgehead atoms. The molecule has 1 aromatic carbocycles. The molecule has 2 atom stereocenters. The summed E-state index contributed by atoms with van der Waals surface area (Å²) >= 11 is 1.84. The van der Waals surface area contributed by atoms with Crippen molar-refractivity contribution in [2.75, 3.05) is 0 Å². The SMILES string of the molecule is Cc1ccc(C)c2c1CSC(C)C2O. The largest absolute Gasteiger partial charge is 0.387 e. The quantitative estimate of drug-likeness (QED) is 0.707. The van der Waals surface area contributed by atoms with Crippen molar-refractivity contribution in [3.63, 3.8) is 0 Å². The van der Waals surface area contributed by atoms with Gasteiger partial charge in [0.2, 0.25) is 0 Å². The Morgan fingerprint density at radius 3 is 2.64 bits per heavy atom. The van der Waals surface area contributed by atoms with E-state index in [0.717, 1.165) is 5.75 Å². The fourth-order valence-electron chi connectivity index (χ4n) is 2.03. The Morgan fingerprint density at radius 1 is 1.29 bits per heavy atom. The number of thioether (sulfide) groups is 1. The van der Waals surface area contributed by atoms with Gasteiger partial charge in [-0.25, -0.2) is 0 Å².